The number of aryl methyl sites for hydroxylation is 1. The Morgan fingerprint density at radius 3 is 2.79 bits per heavy atom. The van der Waals surface area contributed by atoms with E-state index in [4.69, 9.17) is 10.9 Å². The summed E-state index contributed by atoms with van der Waals surface area (Å²) in [6.45, 7) is 1.55. The van der Waals surface area contributed by atoms with Gasteiger partial charge in [-0.1, -0.05) is 11.2 Å². The molecule has 0 saturated carbocycles. The van der Waals surface area contributed by atoms with E-state index in [0.717, 1.165) is 4.31 Å². The summed E-state index contributed by atoms with van der Waals surface area (Å²) < 4.78 is 25.2. The topological polar surface area (TPSA) is 109 Å². The van der Waals surface area contributed by atoms with Gasteiger partial charge in [0.05, 0.1) is 11.8 Å². The zero-order chi connectivity index (χ0) is 14.5. The molecule has 1 atom stereocenters. The van der Waals surface area contributed by atoms with E-state index in [1.54, 1.807) is 31.3 Å². The molecule has 7 nitrogen and oxygen atoms in total. The van der Waals surface area contributed by atoms with Crippen LogP contribution < -0.4 is 5.73 Å². The smallest absolute Gasteiger partial charge is 0.214 e. The van der Waals surface area contributed by atoms with Crippen LogP contribution in [-0.2, 0) is 16.4 Å². The van der Waals surface area contributed by atoms with Crippen LogP contribution in [0.1, 0.15) is 12.6 Å². The lowest BCUT2D eigenvalue weighted by atomic mass is 10.3. The molecule has 1 aromatic rings. The minimum absolute atomic E-state index is 0.0798. The fourth-order valence-electron chi connectivity index (χ4n) is 1.43. The summed E-state index contributed by atoms with van der Waals surface area (Å²) in [5, 5.41) is 11.4. The predicted molar refractivity (Wildman–Crippen MR) is 72.4 cm³/mol. The Bertz CT molecular complexity index is 530. The van der Waals surface area contributed by atoms with Gasteiger partial charge in [-0.05, 0) is 19.1 Å². The van der Waals surface area contributed by atoms with Crippen LogP contribution in [-0.4, -0.2) is 47.6 Å². The van der Waals surface area contributed by atoms with Crippen molar-refractivity contribution in [3.63, 3.8) is 0 Å². The maximum Gasteiger partial charge on any atom is 0.214 e. The van der Waals surface area contributed by atoms with Crippen LogP contribution in [0.2, 0.25) is 0 Å². The van der Waals surface area contributed by atoms with Crippen LogP contribution in [0.4, 0.5) is 0 Å². The third kappa shape index (κ3) is 4.18. The summed E-state index contributed by atoms with van der Waals surface area (Å²) in [5.41, 5.74) is 6.11. The van der Waals surface area contributed by atoms with Gasteiger partial charge in [-0.25, -0.2) is 8.42 Å². The average Bonchev–Trinajstić information content (AvgIpc) is 2.43. The van der Waals surface area contributed by atoms with Crippen LogP contribution in [0, 0.1) is 0 Å². The zero-order valence-electron chi connectivity index (χ0n) is 10.9. The minimum atomic E-state index is -3.49. The van der Waals surface area contributed by atoms with Gasteiger partial charge in [0.25, 0.3) is 0 Å². The lowest BCUT2D eigenvalue weighted by Crippen LogP contribution is -2.44. The summed E-state index contributed by atoms with van der Waals surface area (Å²) >= 11 is 0. The molecule has 0 saturated heterocycles. The first-order chi connectivity index (χ1) is 8.88. The van der Waals surface area contributed by atoms with Gasteiger partial charge in [-0.15, -0.1) is 0 Å². The second-order valence-electron chi connectivity index (χ2n) is 4.10. The third-order valence-electron chi connectivity index (χ3n) is 2.87. The first-order valence-electron chi connectivity index (χ1n) is 5.71. The van der Waals surface area contributed by atoms with E-state index in [0.29, 0.717) is 12.1 Å². The van der Waals surface area contributed by atoms with Gasteiger partial charge in [0.2, 0.25) is 10.0 Å². The molecule has 1 aromatic heterocycles. The van der Waals surface area contributed by atoms with E-state index in [1.165, 1.54) is 7.05 Å². The van der Waals surface area contributed by atoms with E-state index < -0.39 is 16.1 Å². The number of pyridine rings is 1. The highest BCUT2D eigenvalue weighted by atomic mass is 32.2. The molecule has 0 fully saturated rings. The summed E-state index contributed by atoms with van der Waals surface area (Å²) in [7, 11) is -2.09. The van der Waals surface area contributed by atoms with Crippen molar-refractivity contribution < 1.29 is 13.6 Å². The number of sulfonamides is 1. The molecule has 106 valence electrons. The van der Waals surface area contributed by atoms with Crippen LogP contribution in [0.15, 0.2) is 29.6 Å². The van der Waals surface area contributed by atoms with Crippen molar-refractivity contribution in [2.24, 2.45) is 10.9 Å². The summed E-state index contributed by atoms with van der Waals surface area (Å²) in [6, 6.07) is 4.64. The van der Waals surface area contributed by atoms with Gasteiger partial charge in [0.1, 0.15) is 0 Å². The third-order valence-corrected chi connectivity index (χ3v) is 4.78. The van der Waals surface area contributed by atoms with E-state index in [9.17, 15) is 8.42 Å². The molecule has 0 aliphatic heterocycles. The molecule has 0 amide bonds. The second-order valence-corrected chi connectivity index (χ2v) is 6.25. The van der Waals surface area contributed by atoms with Crippen molar-refractivity contribution >= 4 is 15.9 Å². The van der Waals surface area contributed by atoms with Crippen molar-refractivity contribution in [3.8, 4) is 0 Å². The maximum absolute atomic E-state index is 12.1. The zero-order valence-corrected chi connectivity index (χ0v) is 11.7. The quantitative estimate of drug-likeness (QED) is 0.332. The molecule has 1 unspecified atom stereocenters. The molecule has 1 rings (SSSR count). The van der Waals surface area contributed by atoms with Gasteiger partial charge < -0.3 is 10.9 Å². The Morgan fingerprint density at radius 1 is 1.58 bits per heavy atom. The van der Waals surface area contributed by atoms with Crippen molar-refractivity contribution in [3.05, 3.63) is 30.1 Å². The van der Waals surface area contributed by atoms with Crippen molar-refractivity contribution in [2.75, 3.05) is 12.8 Å². The van der Waals surface area contributed by atoms with Gasteiger partial charge in [-0.2, -0.15) is 4.31 Å². The van der Waals surface area contributed by atoms with Crippen LogP contribution in [0.3, 0.4) is 0 Å². The van der Waals surface area contributed by atoms with Crippen LogP contribution in [0.25, 0.3) is 0 Å². The first-order valence-corrected chi connectivity index (χ1v) is 7.32. The number of oxime groups is 1. The van der Waals surface area contributed by atoms with E-state index >= 15 is 0 Å². The molecule has 0 aliphatic carbocycles. The fourth-order valence-corrected chi connectivity index (χ4v) is 2.78. The molecule has 0 aromatic carbocycles. The van der Waals surface area contributed by atoms with Crippen molar-refractivity contribution in [1.29, 1.82) is 0 Å². The van der Waals surface area contributed by atoms with Crippen LogP contribution >= 0.6 is 0 Å². The molecule has 0 aliphatic rings. The SMILES string of the molecule is CC(C(N)=NO)N(C)S(=O)(=O)CCc1ccccn1. The van der Waals surface area contributed by atoms with Crippen molar-refractivity contribution in [1.82, 2.24) is 9.29 Å². The number of aromatic nitrogens is 1. The Labute approximate surface area is 112 Å². The van der Waals surface area contributed by atoms with Gasteiger partial charge in [0, 0.05) is 25.4 Å². The predicted octanol–water partition coefficient (Wildman–Crippen LogP) is 0.0206. The van der Waals surface area contributed by atoms with Gasteiger partial charge >= 0.3 is 0 Å². The van der Waals surface area contributed by atoms with Gasteiger partial charge in [-0.3, -0.25) is 4.98 Å². The standard InChI is InChI=1S/C11H18N4O3S/c1-9(11(12)14-16)15(2)19(17,18)8-6-10-5-3-4-7-13-10/h3-5,7,9,16H,6,8H2,1-2H3,(H2,12,14). The van der Waals surface area contributed by atoms with Crippen molar-refractivity contribution in [2.45, 2.75) is 19.4 Å². The Morgan fingerprint density at radius 2 is 2.26 bits per heavy atom. The second kappa shape index (κ2) is 6.48. The molecule has 0 spiro atoms. The molecular weight excluding hydrogens is 268 g/mol. The highest BCUT2D eigenvalue weighted by molar-refractivity contribution is 7.89. The molecular formula is C11H18N4O3S. The number of hydrogen-bond acceptors (Lipinski definition) is 5. The average molecular weight is 286 g/mol. The molecule has 8 heteroatoms. The monoisotopic (exact) mass is 286 g/mol. The molecule has 0 bridgehead atoms. The number of nitrogens with two attached hydrogens (primary N) is 1. The summed E-state index contributed by atoms with van der Waals surface area (Å²) in [5.74, 6) is -0.229. The molecule has 3 N–H and O–H groups in total. The Kier molecular flexibility index (Phi) is 5.25. The molecule has 19 heavy (non-hydrogen) atoms. The number of rotatable bonds is 6. The number of likely N-dealkylation sites (N-methyl/N-ethyl adjacent to an activating group) is 1. The van der Waals surface area contributed by atoms with E-state index in [2.05, 4.69) is 10.1 Å². The highest BCUT2D eigenvalue weighted by Crippen LogP contribution is 2.07. The Hall–Kier alpha value is -1.67. The summed E-state index contributed by atoms with van der Waals surface area (Å²) in [6.07, 6.45) is 1.93. The van der Waals surface area contributed by atoms with E-state index in [-0.39, 0.29) is 11.6 Å². The normalized spacial score (nSPS) is 14.6. The minimum Gasteiger partial charge on any atom is -0.409 e. The number of nitrogens with zero attached hydrogens (tertiary/aromatic N) is 3. The molecule has 0 radical (unpaired) electrons. The van der Waals surface area contributed by atoms with Crippen LogP contribution in [0.5, 0.6) is 0 Å². The maximum atomic E-state index is 12.1. The number of hydrogen-bond donors (Lipinski definition) is 2. The lowest BCUT2D eigenvalue weighted by molar-refractivity contribution is 0.311. The largest absolute Gasteiger partial charge is 0.409 e. The molecule has 1 heterocycles. The number of amidine groups is 1. The van der Waals surface area contributed by atoms with Gasteiger partial charge in [0.15, 0.2) is 5.84 Å². The lowest BCUT2D eigenvalue weighted by Gasteiger charge is -2.22. The highest BCUT2D eigenvalue weighted by Gasteiger charge is 2.25. The Balaban J connectivity index is 2.71. The fraction of sp³-hybridized carbons (Fsp3) is 0.455. The van der Waals surface area contributed by atoms with E-state index in [1.807, 2.05) is 0 Å². The first kappa shape index (κ1) is 15.4. The summed E-state index contributed by atoms with van der Waals surface area (Å²) in [4.78, 5) is 4.07.